The first-order chi connectivity index (χ1) is 11.5. The van der Waals surface area contributed by atoms with Gasteiger partial charge in [-0.1, -0.05) is 30.3 Å². The van der Waals surface area contributed by atoms with Crippen molar-refractivity contribution in [2.75, 3.05) is 26.2 Å². The molecule has 1 aromatic heterocycles. The number of carbonyl (C=O) groups excluding carboxylic acids is 1. The van der Waals surface area contributed by atoms with Gasteiger partial charge in [-0.05, 0) is 6.92 Å². The lowest BCUT2D eigenvalue weighted by Crippen LogP contribution is -2.52. The van der Waals surface area contributed by atoms with Gasteiger partial charge in [0.05, 0.1) is 11.7 Å². The van der Waals surface area contributed by atoms with Crippen LogP contribution < -0.4 is 5.73 Å². The first-order valence-electron chi connectivity index (χ1n) is 8.38. The summed E-state index contributed by atoms with van der Waals surface area (Å²) in [5.74, 6) is -0.248. The van der Waals surface area contributed by atoms with Crippen LogP contribution in [0.15, 0.2) is 36.5 Å². The van der Waals surface area contributed by atoms with Crippen LogP contribution in [0.25, 0.3) is 11.3 Å². The van der Waals surface area contributed by atoms with Crippen LogP contribution in [0.2, 0.25) is 0 Å². The maximum atomic E-state index is 11.3. The Hall–Kier alpha value is -2.18. The van der Waals surface area contributed by atoms with E-state index in [9.17, 15) is 4.79 Å². The second kappa shape index (κ2) is 7.15. The number of nitrogens with two attached hydrogens (primary N) is 1. The SMILES string of the molecule is C[C@@H](C(N)=O)N1CCN(Cc2cn(C)nc2-c2ccccc2)CC1. The average molecular weight is 327 g/mol. The standard InChI is InChI=1S/C18H25N5O/c1-14(18(19)24)23-10-8-22(9-11-23)13-16-12-21(2)20-17(16)15-6-4-3-5-7-15/h3-7,12,14H,8-11,13H2,1-2H3,(H2,19,24)/t14-/m0/s1. The van der Waals surface area contributed by atoms with Crippen molar-refractivity contribution in [3.63, 3.8) is 0 Å². The number of rotatable bonds is 5. The summed E-state index contributed by atoms with van der Waals surface area (Å²) in [5.41, 5.74) is 8.84. The highest BCUT2D eigenvalue weighted by Gasteiger charge is 2.24. The third-order valence-electron chi connectivity index (χ3n) is 4.71. The first-order valence-corrected chi connectivity index (χ1v) is 8.38. The van der Waals surface area contributed by atoms with Gasteiger partial charge in [-0.2, -0.15) is 5.10 Å². The van der Waals surface area contributed by atoms with Crippen molar-refractivity contribution in [2.24, 2.45) is 12.8 Å². The van der Waals surface area contributed by atoms with Crippen molar-refractivity contribution in [3.05, 3.63) is 42.1 Å². The molecule has 0 unspecified atom stereocenters. The average Bonchev–Trinajstić information content (AvgIpc) is 2.96. The predicted octanol–water partition coefficient (Wildman–Crippen LogP) is 1.08. The number of amides is 1. The molecule has 2 N–H and O–H groups in total. The summed E-state index contributed by atoms with van der Waals surface area (Å²) >= 11 is 0. The highest BCUT2D eigenvalue weighted by molar-refractivity contribution is 5.79. The van der Waals surface area contributed by atoms with Crippen LogP contribution >= 0.6 is 0 Å². The molecule has 24 heavy (non-hydrogen) atoms. The number of piperazine rings is 1. The fourth-order valence-corrected chi connectivity index (χ4v) is 3.22. The number of hydrogen-bond donors (Lipinski definition) is 1. The Balaban J connectivity index is 1.67. The molecule has 1 amide bonds. The maximum absolute atomic E-state index is 11.3. The smallest absolute Gasteiger partial charge is 0.234 e. The van der Waals surface area contributed by atoms with Crippen molar-refractivity contribution in [1.82, 2.24) is 19.6 Å². The molecule has 1 aliphatic heterocycles. The molecule has 1 atom stereocenters. The molecule has 3 rings (SSSR count). The van der Waals surface area contributed by atoms with Crippen LogP contribution in [0, 0.1) is 0 Å². The van der Waals surface area contributed by atoms with Crippen molar-refractivity contribution >= 4 is 5.91 Å². The lowest BCUT2D eigenvalue weighted by atomic mass is 10.1. The summed E-state index contributed by atoms with van der Waals surface area (Å²) in [6.07, 6.45) is 2.10. The van der Waals surface area contributed by atoms with Crippen molar-refractivity contribution < 1.29 is 4.79 Å². The van der Waals surface area contributed by atoms with Crippen LogP contribution in [-0.2, 0) is 18.4 Å². The minimum atomic E-state index is -0.248. The number of hydrogen-bond acceptors (Lipinski definition) is 4. The van der Waals surface area contributed by atoms with E-state index >= 15 is 0 Å². The molecule has 0 radical (unpaired) electrons. The normalized spacial score (nSPS) is 17.8. The zero-order valence-electron chi connectivity index (χ0n) is 14.4. The largest absolute Gasteiger partial charge is 0.368 e. The maximum Gasteiger partial charge on any atom is 0.234 e. The van der Waals surface area contributed by atoms with Gasteiger partial charge in [0.25, 0.3) is 0 Å². The van der Waals surface area contributed by atoms with Gasteiger partial charge in [0.15, 0.2) is 0 Å². The van der Waals surface area contributed by atoms with Gasteiger partial charge in [0, 0.05) is 57.1 Å². The van der Waals surface area contributed by atoms with Crippen molar-refractivity contribution in [2.45, 2.75) is 19.5 Å². The van der Waals surface area contributed by atoms with Crippen LogP contribution in [-0.4, -0.2) is 57.7 Å². The van der Waals surface area contributed by atoms with Gasteiger partial charge < -0.3 is 5.73 Å². The molecule has 128 valence electrons. The number of carbonyl (C=O) groups is 1. The zero-order chi connectivity index (χ0) is 17.1. The van der Waals surface area contributed by atoms with Crippen LogP contribution in [0.4, 0.5) is 0 Å². The summed E-state index contributed by atoms with van der Waals surface area (Å²) in [4.78, 5) is 15.9. The fourth-order valence-electron chi connectivity index (χ4n) is 3.22. The lowest BCUT2D eigenvalue weighted by Gasteiger charge is -2.36. The van der Waals surface area contributed by atoms with E-state index in [0.29, 0.717) is 0 Å². The van der Waals surface area contributed by atoms with E-state index in [2.05, 4.69) is 33.2 Å². The summed E-state index contributed by atoms with van der Waals surface area (Å²) in [6, 6.07) is 10.1. The van der Waals surface area contributed by atoms with Gasteiger partial charge in [0.1, 0.15) is 0 Å². The third-order valence-corrected chi connectivity index (χ3v) is 4.71. The minimum absolute atomic E-state index is 0.189. The molecule has 0 aliphatic carbocycles. The summed E-state index contributed by atoms with van der Waals surface area (Å²) in [7, 11) is 1.96. The molecule has 1 aliphatic rings. The Morgan fingerprint density at radius 1 is 1.21 bits per heavy atom. The van der Waals surface area contributed by atoms with Gasteiger partial charge in [-0.3, -0.25) is 19.3 Å². The molecule has 6 heteroatoms. The zero-order valence-corrected chi connectivity index (χ0v) is 14.4. The molecule has 1 aromatic carbocycles. The van der Waals surface area contributed by atoms with Gasteiger partial charge in [0.2, 0.25) is 5.91 Å². The van der Waals surface area contributed by atoms with E-state index in [-0.39, 0.29) is 11.9 Å². The van der Waals surface area contributed by atoms with E-state index in [1.165, 1.54) is 5.56 Å². The van der Waals surface area contributed by atoms with E-state index in [4.69, 9.17) is 5.73 Å². The first kappa shape index (κ1) is 16.7. The van der Waals surface area contributed by atoms with E-state index in [1.54, 1.807) is 0 Å². The molecular formula is C18H25N5O. The number of nitrogens with zero attached hydrogens (tertiary/aromatic N) is 4. The second-order valence-corrected chi connectivity index (χ2v) is 6.43. The molecule has 2 heterocycles. The fraction of sp³-hybridized carbons (Fsp3) is 0.444. The molecule has 0 spiro atoms. The predicted molar refractivity (Wildman–Crippen MR) is 94.2 cm³/mol. The van der Waals surface area contributed by atoms with Crippen LogP contribution in [0.1, 0.15) is 12.5 Å². The Morgan fingerprint density at radius 3 is 2.50 bits per heavy atom. The molecule has 1 fully saturated rings. The van der Waals surface area contributed by atoms with Crippen LogP contribution in [0.3, 0.4) is 0 Å². The summed E-state index contributed by atoms with van der Waals surface area (Å²) in [5, 5.41) is 4.63. The van der Waals surface area contributed by atoms with Gasteiger partial charge in [-0.25, -0.2) is 0 Å². The Kier molecular flexibility index (Phi) is 4.97. The topological polar surface area (TPSA) is 67.4 Å². The van der Waals surface area contributed by atoms with Crippen molar-refractivity contribution in [3.8, 4) is 11.3 Å². The highest BCUT2D eigenvalue weighted by Crippen LogP contribution is 2.23. The molecule has 0 bridgehead atoms. The molecule has 0 saturated carbocycles. The summed E-state index contributed by atoms with van der Waals surface area (Å²) in [6.45, 7) is 6.35. The van der Waals surface area contributed by atoms with Gasteiger partial charge in [-0.15, -0.1) is 0 Å². The lowest BCUT2D eigenvalue weighted by molar-refractivity contribution is -0.123. The molecule has 6 nitrogen and oxygen atoms in total. The van der Waals surface area contributed by atoms with Crippen molar-refractivity contribution in [1.29, 1.82) is 0 Å². The molecule has 1 saturated heterocycles. The number of aryl methyl sites for hydroxylation is 1. The summed E-state index contributed by atoms with van der Waals surface area (Å²) < 4.78 is 1.88. The second-order valence-electron chi connectivity index (χ2n) is 6.43. The van der Waals surface area contributed by atoms with E-state index < -0.39 is 0 Å². The number of benzene rings is 1. The monoisotopic (exact) mass is 327 g/mol. The highest BCUT2D eigenvalue weighted by atomic mass is 16.1. The molecule has 2 aromatic rings. The van der Waals surface area contributed by atoms with Crippen LogP contribution in [0.5, 0.6) is 0 Å². The molecular weight excluding hydrogens is 302 g/mol. The van der Waals surface area contributed by atoms with E-state index in [0.717, 1.165) is 44.0 Å². The third kappa shape index (κ3) is 3.66. The number of primary amides is 1. The number of aromatic nitrogens is 2. The van der Waals surface area contributed by atoms with Gasteiger partial charge >= 0.3 is 0 Å². The Morgan fingerprint density at radius 2 is 1.88 bits per heavy atom. The quantitative estimate of drug-likeness (QED) is 0.892. The van der Waals surface area contributed by atoms with E-state index in [1.807, 2.05) is 36.9 Å². The Bertz CT molecular complexity index is 689. The minimum Gasteiger partial charge on any atom is -0.368 e. The Labute approximate surface area is 142 Å².